The van der Waals surface area contributed by atoms with Crippen molar-refractivity contribution in [3.05, 3.63) is 23.8 Å². The van der Waals surface area contributed by atoms with Gasteiger partial charge in [0.15, 0.2) is 0 Å². The lowest BCUT2D eigenvalue weighted by molar-refractivity contribution is -0.132. The van der Waals surface area contributed by atoms with Crippen molar-refractivity contribution in [2.24, 2.45) is 0 Å². The second-order valence-corrected chi connectivity index (χ2v) is 5.66. The van der Waals surface area contributed by atoms with Crippen molar-refractivity contribution in [1.82, 2.24) is 10.2 Å². The van der Waals surface area contributed by atoms with E-state index in [1.807, 2.05) is 12.1 Å². The zero-order valence-electron chi connectivity index (χ0n) is 15.1. The summed E-state index contributed by atoms with van der Waals surface area (Å²) in [6.07, 6.45) is 3.41. The quantitative estimate of drug-likeness (QED) is 0.666. The van der Waals surface area contributed by atoms with Crippen LogP contribution in [0.25, 0.3) is 0 Å². The molecule has 2 amide bonds. The largest absolute Gasteiger partial charge is 0.497 e. The summed E-state index contributed by atoms with van der Waals surface area (Å²) in [5.74, 6) is 1.17. The second-order valence-electron chi connectivity index (χ2n) is 5.66. The fourth-order valence-corrected chi connectivity index (χ4v) is 2.28. The van der Waals surface area contributed by atoms with E-state index in [1.165, 1.54) is 0 Å². The number of carbonyl (C=O) groups excluding carboxylic acids is 2. The molecule has 0 atom stereocenters. The lowest BCUT2D eigenvalue weighted by Crippen LogP contribution is -2.37. The van der Waals surface area contributed by atoms with Crippen molar-refractivity contribution >= 4 is 11.8 Å². The monoisotopic (exact) mass is 336 g/mol. The average molecular weight is 336 g/mol. The predicted molar refractivity (Wildman–Crippen MR) is 93.2 cm³/mol. The molecule has 0 aliphatic rings. The molecule has 0 aromatic heterocycles. The molecule has 0 saturated carbocycles. The molecular formula is C18H28N2O4. The number of unbranched alkanes of at least 4 members (excludes halogenated alkanes) is 2. The van der Waals surface area contributed by atoms with Crippen LogP contribution in [-0.2, 0) is 16.1 Å². The van der Waals surface area contributed by atoms with E-state index in [1.54, 1.807) is 32.2 Å². The molecule has 0 bridgehead atoms. The van der Waals surface area contributed by atoms with E-state index in [2.05, 4.69) is 12.2 Å². The Labute approximate surface area is 144 Å². The molecule has 1 aromatic rings. The van der Waals surface area contributed by atoms with Crippen molar-refractivity contribution in [1.29, 1.82) is 0 Å². The summed E-state index contributed by atoms with van der Waals surface area (Å²) in [6.45, 7) is 2.47. The SMILES string of the molecule is CCCCCC(=O)NCC(=O)N(C)Cc1cc(OC)ccc1OC. The average Bonchev–Trinajstić information content (AvgIpc) is 2.59. The highest BCUT2D eigenvalue weighted by molar-refractivity contribution is 5.84. The number of methoxy groups -OCH3 is 2. The Kier molecular flexibility index (Phi) is 8.68. The summed E-state index contributed by atoms with van der Waals surface area (Å²) < 4.78 is 10.5. The molecule has 0 fully saturated rings. The number of likely N-dealkylation sites (N-methyl/N-ethyl adjacent to an activating group) is 1. The van der Waals surface area contributed by atoms with E-state index >= 15 is 0 Å². The third kappa shape index (κ3) is 6.48. The number of ether oxygens (including phenoxy) is 2. The molecule has 24 heavy (non-hydrogen) atoms. The lowest BCUT2D eigenvalue weighted by atomic mass is 10.1. The van der Waals surface area contributed by atoms with Gasteiger partial charge in [0, 0.05) is 25.6 Å². The van der Waals surface area contributed by atoms with Gasteiger partial charge in [-0.05, 0) is 24.6 Å². The van der Waals surface area contributed by atoms with E-state index in [0.29, 0.717) is 24.5 Å². The molecule has 0 radical (unpaired) electrons. The number of benzene rings is 1. The fourth-order valence-electron chi connectivity index (χ4n) is 2.28. The molecule has 1 aromatic carbocycles. The maximum Gasteiger partial charge on any atom is 0.242 e. The summed E-state index contributed by atoms with van der Waals surface area (Å²) in [4.78, 5) is 25.4. The number of carbonyl (C=O) groups is 2. The molecule has 1 N–H and O–H groups in total. The van der Waals surface area contributed by atoms with Crippen molar-refractivity contribution in [2.75, 3.05) is 27.8 Å². The molecule has 6 heteroatoms. The zero-order chi connectivity index (χ0) is 17.9. The predicted octanol–water partition coefficient (Wildman–Crippen LogP) is 2.36. The second kappa shape index (κ2) is 10.5. The van der Waals surface area contributed by atoms with Crippen molar-refractivity contribution in [3.8, 4) is 11.5 Å². The number of nitrogens with one attached hydrogen (secondary N) is 1. The summed E-state index contributed by atoms with van der Waals surface area (Å²) in [6, 6.07) is 5.45. The van der Waals surface area contributed by atoms with Crippen LogP contribution in [0.5, 0.6) is 11.5 Å². The highest BCUT2D eigenvalue weighted by Crippen LogP contribution is 2.24. The maximum absolute atomic E-state index is 12.2. The number of rotatable bonds is 10. The van der Waals surface area contributed by atoms with Crippen LogP contribution >= 0.6 is 0 Å². The summed E-state index contributed by atoms with van der Waals surface area (Å²) in [5, 5.41) is 2.67. The van der Waals surface area contributed by atoms with Gasteiger partial charge in [0.1, 0.15) is 11.5 Å². The third-order valence-electron chi connectivity index (χ3n) is 3.77. The molecule has 6 nitrogen and oxygen atoms in total. The van der Waals surface area contributed by atoms with Gasteiger partial charge in [0.25, 0.3) is 0 Å². The van der Waals surface area contributed by atoms with E-state index in [0.717, 1.165) is 24.8 Å². The number of nitrogens with zero attached hydrogens (tertiary/aromatic N) is 1. The van der Waals surface area contributed by atoms with Crippen LogP contribution in [0.1, 0.15) is 38.2 Å². The van der Waals surface area contributed by atoms with Gasteiger partial charge in [0.2, 0.25) is 11.8 Å². The van der Waals surface area contributed by atoms with Crippen LogP contribution in [0.3, 0.4) is 0 Å². The Hall–Kier alpha value is -2.24. The molecule has 0 aliphatic heterocycles. The Morgan fingerprint density at radius 1 is 1.17 bits per heavy atom. The van der Waals surface area contributed by atoms with Crippen LogP contribution in [0.4, 0.5) is 0 Å². The van der Waals surface area contributed by atoms with Gasteiger partial charge >= 0.3 is 0 Å². The van der Waals surface area contributed by atoms with Crippen LogP contribution in [0.15, 0.2) is 18.2 Å². The first-order valence-corrected chi connectivity index (χ1v) is 8.23. The van der Waals surface area contributed by atoms with E-state index in [-0.39, 0.29) is 18.4 Å². The lowest BCUT2D eigenvalue weighted by Gasteiger charge is -2.19. The summed E-state index contributed by atoms with van der Waals surface area (Å²) in [7, 11) is 4.88. The fraction of sp³-hybridized carbons (Fsp3) is 0.556. The standard InChI is InChI=1S/C18H28N2O4/c1-5-6-7-8-17(21)19-12-18(22)20(2)13-14-11-15(23-3)9-10-16(14)24-4/h9-11H,5-8,12-13H2,1-4H3,(H,19,21). The first kappa shape index (κ1) is 19.8. The molecular weight excluding hydrogens is 308 g/mol. The molecule has 1 rings (SSSR count). The van der Waals surface area contributed by atoms with E-state index in [4.69, 9.17) is 9.47 Å². The van der Waals surface area contributed by atoms with Gasteiger partial charge in [-0.15, -0.1) is 0 Å². The topological polar surface area (TPSA) is 67.9 Å². The highest BCUT2D eigenvalue weighted by Gasteiger charge is 2.14. The maximum atomic E-state index is 12.2. The summed E-state index contributed by atoms with van der Waals surface area (Å²) in [5.41, 5.74) is 0.849. The van der Waals surface area contributed by atoms with Gasteiger partial charge in [-0.3, -0.25) is 9.59 Å². The van der Waals surface area contributed by atoms with Crippen LogP contribution in [-0.4, -0.2) is 44.5 Å². The number of hydrogen-bond acceptors (Lipinski definition) is 4. The van der Waals surface area contributed by atoms with Crippen LogP contribution < -0.4 is 14.8 Å². The molecule has 0 saturated heterocycles. The molecule has 0 aliphatic carbocycles. The molecule has 0 heterocycles. The van der Waals surface area contributed by atoms with Gasteiger partial charge < -0.3 is 19.7 Å². The number of hydrogen-bond donors (Lipinski definition) is 1. The zero-order valence-corrected chi connectivity index (χ0v) is 15.1. The van der Waals surface area contributed by atoms with E-state index in [9.17, 15) is 9.59 Å². The third-order valence-corrected chi connectivity index (χ3v) is 3.77. The first-order valence-electron chi connectivity index (χ1n) is 8.23. The molecule has 0 unspecified atom stereocenters. The smallest absolute Gasteiger partial charge is 0.242 e. The van der Waals surface area contributed by atoms with Gasteiger partial charge in [-0.1, -0.05) is 19.8 Å². The number of amides is 2. The van der Waals surface area contributed by atoms with Gasteiger partial charge in [-0.25, -0.2) is 0 Å². The van der Waals surface area contributed by atoms with E-state index < -0.39 is 0 Å². The van der Waals surface area contributed by atoms with Crippen molar-refractivity contribution in [2.45, 2.75) is 39.2 Å². The Morgan fingerprint density at radius 2 is 1.92 bits per heavy atom. The highest BCUT2D eigenvalue weighted by atomic mass is 16.5. The Balaban J connectivity index is 2.53. The molecule has 0 spiro atoms. The van der Waals surface area contributed by atoms with Crippen molar-refractivity contribution < 1.29 is 19.1 Å². The molecule has 134 valence electrons. The van der Waals surface area contributed by atoms with Gasteiger partial charge in [-0.2, -0.15) is 0 Å². The Morgan fingerprint density at radius 3 is 2.54 bits per heavy atom. The first-order chi connectivity index (χ1) is 11.5. The minimum absolute atomic E-state index is 0.00768. The van der Waals surface area contributed by atoms with Crippen LogP contribution in [0.2, 0.25) is 0 Å². The normalized spacial score (nSPS) is 10.2. The minimum atomic E-state index is -0.149. The summed E-state index contributed by atoms with van der Waals surface area (Å²) >= 11 is 0. The van der Waals surface area contributed by atoms with Crippen LogP contribution in [0, 0.1) is 0 Å². The van der Waals surface area contributed by atoms with Crippen molar-refractivity contribution in [3.63, 3.8) is 0 Å². The minimum Gasteiger partial charge on any atom is -0.497 e. The van der Waals surface area contributed by atoms with Gasteiger partial charge in [0.05, 0.1) is 20.8 Å². The Bertz CT molecular complexity index is 546.